The highest BCUT2D eigenvalue weighted by atomic mass is 16.6. The molecule has 0 radical (unpaired) electrons. The fourth-order valence-electron chi connectivity index (χ4n) is 1.63. The predicted octanol–water partition coefficient (Wildman–Crippen LogP) is 0.806. The number of carbonyl (C=O) groups is 2. The lowest BCUT2D eigenvalue weighted by molar-refractivity contribution is -0.385. The third-order valence-corrected chi connectivity index (χ3v) is 2.50. The normalized spacial score (nSPS) is 10.0. The summed E-state index contributed by atoms with van der Waals surface area (Å²) >= 11 is 0. The first-order valence-corrected chi connectivity index (χ1v) is 5.22. The van der Waals surface area contributed by atoms with Gasteiger partial charge in [-0.3, -0.25) is 10.1 Å². The Hall–Kier alpha value is -3.61. The Bertz CT molecular complexity index is 854. The topological polar surface area (TPSA) is 167 Å². The first-order chi connectivity index (χ1) is 9.85. The number of benzene rings is 1. The van der Waals surface area contributed by atoms with E-state index in [0.29, 0.717) is 0 Å². The molecule has 0 saturated carbocycles. The second kappa shape index (κ2) is 4.82. The van der Waals surface area contributed by atoms with E-state index in [9.17, 15) is 19.7 Å². The largest absolute Gasteiger partial charge is 0.476 e. The van der Waals surface area contributed by atoms with Crippen LogP contribution in [-0.2, 0) is 0 Å². The number of nitro benzene ring substituents is 1. The summed E-state index contributed by atoms with van der Waals surface area (Å²) in [5.74, 6) is -3.24. The average Bonchev–Trinajstić information content (AvgIpc) is 2.43. The van der Waals surface area contributed by atoms with Crippen LogP contribution in [0.15, 0.2) is 12.1 Å². The SMILES string of the molecule is N#Cc1cc2nc(C(=O)O)c(C(=O)O)nc2cc1[N+](=O)[O-]. The quantitative estimate of drug-likeness (QED) is 0.612. The van der Waals surface area contributed by atoms with Crippen LogP contribution in [0.3, 0.4) is 0 Å². The van der Waals surface area contributed by atoms with Crippen molar-refractivity contribution in [3.05, 3.63) is 39.2 Å². The lowest BCUT2D eigenvalue weighted by Gasteiger charge is -2.04. The molecule has 1 aromatic carbocycles. The van der Waals surface area contributed by atoms with Crippen LogP contribution in [0.25, 0.3) is 11.0 Å². The van der Waals surface area contributed by atoms with Crippen molar-refractivity contribution in [2.24, 2.45) is 0 Å². The van der Waals surface area contributed by atoms with Crippen LogP contribution in [0.1, 0.15) is 26.5 Å². The van der Waals surface area contributed by atoms with E-state index in [0.717, 1.165) is 12.1 Å². The van der Waals surface area contributed by atoms with Gasteiger partial charge in [-0.15, -0.1) is 0 Å². The van der Waals surface area contributed by atoms with Crippen LogP contribution < -0.4 is 0 Å². The van der Waals surface area contributed by atoms with Gasteiger partial charge in [0, 0.05) is 6.07 Å². The Balaban J connectivity index is 2.89. The van der Waals surface area contributed by atoms with Gasteiger partial charge >= 0.3 is 11.9 Å². The molecular weight excluding hydrogens is 284 g/mol. The number of fused-ring (bicyclic) bond motifs is 1. The monoisotopic (exact) mass is 288 g/mol. The van der Waals surface area contributed by atoms with Crippen molar-refractivity contribution in [1.29, 1.82) is 5.26 Å². The van der Waals surface area contributed by atoms with Crippen LogP contribution in [0.2, 0.25) is 0 Å². The molecule has 10 heteroatoms. The minimum Gasteiger partial charge on any atom is -0.476 e. The molecule has 2 N–H and O–H groups in total. The van der Waals surface area contributed by atoms with Gasteiger partial charge in [0.15, 0.2) is 11.4 Å². The zero-order chi connectivity index (χ0) is 15.7. The summed E-state index contributed by atoms with van der Waals surface area (Å²) in [4.78, 5) is 39.1. The number of aromatic carboxylic acids is 2. The molecule has 0 aliphatic heterocycles. The van der Waals surface area contributed by atoms with Gasteiger partial charge in [-0.1, -0.05) is 0 Å². The molecule has 2 rings (SSSR count). The van der Waals surface area contributed by atoms with Crippen LogP contribution in [-0.4, -0.2) is 37.0 Å². The summed E-state index contributed by atoms with van der Waals surface area (Å²) in [5.41, 5.74) is -2.87. The molecule has 0 spiro atoms. The zero-order valence-electron chi connectivity index (χ0n) is 9.97. The maximum atomic E-state index is 11.0. The van der Waals surface area contributed by atoms with Gasteiger partial charge in [0.25, 0.3) is 5.69 Å². The number of rotatable bonds is 3. The predicted molar refractivity (Wildman–Crippen MR) is 64.8 cm³/mol. The summed E-state index contributed by atoms with van der Waals surface area (Å²) in [7, 11) is 0. The lowest BCUT2D eigenvalue weighted by atomic mass is 10.1. The summed E-state index contributed by atoms with van der Waals surface area (Å²) in [5, 5.41) is 37.5. The standard InChI is InChI=1S/C11H4N4O6/c12-3-4-1-5-6(2-7(4)15(20)21)14-9(11(18)19)8(13-5)10(16)17/h1-2H,(H,16,17)(H,18,19). The van der Waals surface area contributed by atoms with Gasteiger partial charge in [0.1, 0.15) is 11.6 Å². The van der Waals surface area contributed by atoms with Crippen LogP contribution in [0.4, 0.5) is 5.69 Å². The van der Waals surface area contributed by atoms with Crippen LogP contribution >= 0.6 is 0 Å². The molecule has 0 aliphatic carbocycles. The van der Waals surface area contributed by atoms with E-state index < -0.39 is 33.9 Å². The summed E-state index contributed by atoms with van der Waals surface area (Å²) in [6.45, 7) is 0. The Labute approximate surface area is 115 Å². The molecule has 0 atom stereocenters. The van der Waals surface area contributed by atoms with Gasteiger partial charge in [-0.25, -0.2) is 19.6 Å². The molecule has 0 saturated heterocycles. The number of carboxylic acid groups (broad SMARTS) is 2. The fraction of sp³-hybridized carbons (Fsp3) is 0. The molecule has 21 heavy (non-hydrogen) atoms. The summed E-state index contributed by atoms with van der Waals surface area (Å²) in [6, 6.07) is 3.44. The molecule has 1 heterocycles. The second-order valence-electron chi connectivity index (χ2n) is 3.76. The van der Waals surface area contributed by atoms with Crippen LogP contribution in [0, 0.1) is 21.4 Å². The number of nitro groups is 1. The van der Waals surface area contributed by atoms with Crippen molar-refractivity contribution in [3.8, 4) is 6.07 Å². The molecule has 104 valence electrons. The number of hydrogen-bond acceptors (Lipinski definition) is 7. The maximum Gasteiger partial charge on any atom is 0.357 e. The molecule has 1 aromatic heterocycles. The highest BCUT2D eigenvalue weighted by Gasteiger charge is 2.23. The number of hydrogen-bond donors (Lipinski definition) is 2. The van der Waals surface area contributed by atoms with Gasteiger partial charge in [0.2, 0.25) is 0 Å². The third-order valence-electron chi connectivity index (χ3n) is 2.50. The Morgan fingerprint density at radius 1 is 1.14 bits per heavy atom. The number of nitriles is 1. The highest BCUT2D eigenvalue weighted by Crippen LogP contribution is 2.24. The minimum absolute atomic E-state index is 0.125. The van der Waals surface area contributed by atoms with Crippen molar-refractivity contribution in [3.63, 3.8) is 0 Å². The van der Waals surface area contributed by atoms with Crippen LogP contribution in [0.5, 0.6) is 0 Å². The molecule has 0 amide bonds. The van der Waals surface area contributed by atoms with Gasteiger partial charge in [0.05, 0.1) is 16.0 Å². The van der Waals surface area contributed by atoms with E-state index >= 15 is 0 Å². The molecule has 10 nitrogen and oxygen atoms in total. The molecule has 0 unspecified atom stereocenters. The molecule has 0 aliphatic rings. The van der Waals surface area contributed by atoms with E-state index in [2.05, 4.69) is 9.97 Å². The zero-order valence-corrected chi connectivity index (χ0v) is 9.97. The highest BCUT2D eigenvalue weighted by molar-refractivity contribution is 6.01. The molecule has 0 fully saturated rings. The van der Waals surface area contributed by atoms with E-state index in [1.54, 1.807) is 6.07 Å². The van der Waals surface area contributed by atoms with Crippen molar-refractivity contribution >= 4 is 28.7 Å². The maximum absolute atomic E-state index is 11.0. The molecule has 0 bridgehead atoms. The lowest BCUT2D eigenvalue weighted by Crippen LogP contribution is -2.13. The van der Waals surface area contributed by atoms with Crippen molar-refractivity contribution < 1.29 is 24.7 Å². The Morgan fingerprint density at radius 2 is 1.62 bits per heavy atom. The van der Waals surface area contributed by atoms with Crippen molar-refractivity contribution in [1.82, 2.24) is 9.97 Å². The fourth-order valence-corrected chi connectivity index (χ4v) is 1.63. The van der Waals surface area contributed by atoms with E-state index in [-0.39, 0.29) is 16.6 Å². The molecule has 2 aromatic rings. The third kappa shape index (κ3) is 2.30. The second-order valence-corrected chi connectivity index (χ2v) is 3.76. The number of aromatic nitrogens is 2. The van der Waals surface area contributed by atoms with Crippen molar-refractivity contribution in [2.75, 3.05) is 0 Å². The summed E-state index contributed by atoms with van der Waals surface area (Å²) in [6.07, 6.45) is 0. The first kappa shape index (κ1) is 13.8. The van der Waals surface area contributed by atoms with Gasteiger partial charge in [-0.05, 0) is 6.07 Å². The first-order valence-electron chi connectivity index (χ1n) is 5.22. The number of nitrogens with zero attached hydrogens (tertiary/aromatic N) is 4. The number of carboxylic acids is 2. The van der Waals surface area contributed by atoms with E-state index in [4.69, 9.17) is 15.5 Å². The Kier molecular flexibility index (Phi) is 3.17. The smallest absolute Gasteiger partial charge is 0.357 e. The minimum atomic E-state index is -1.63. The molecular formula is C11H4N4O6. The average molecular weight is 288 g/mol. The van der Waals surface area contributed by atoms with Gasteiger partial charge in [-0.2, -0.15) is 5.26 Å². The summed E-state index contributed by atoms with van der Waals surface area (Å²) < 4.78 is 0. The van der Waals surface area contributed by atoms with E-state index in [1.807, 2.05) is 0 Å². The van der Waals surface area contributed by atoms with Gasteiger partial charge < -0.3 is 10.2 Å². The van der Waals surface area contributed by atoms with Crippen molar-refractivity contribution in [2.45, 2.75) is 0 Å². The Morgan fingerprint density at radius 3 is 2.00 bits per heavy atom. The van der Waals surface area contributed by atoms with E-state index in [1.165, 1.54) is 0 Å².